The molecule has 0 aliphatic carbocycles. The summed E-state index contributed by atoms with van der Waals surface area (Å²) in [5.74, 6) is 0.723. The lowest BCUT2D eigenvalue weighted by molar-refractivity contribution is 0.946. The predicted molar refractivity (Wildman–Crippen MR) is 70.6 cm³/mol. The molecule has 88 valence electrons. The largest absolute Gasteiger partial charge is 0.345 e. The number of hydrogen-bond donors (Lipinski definition) is 1. The zero-order valence-corrected chi connectivity index (χ0v) is 10.8. The molecular weight excluding hydrogens is 256 g/mol. The van der Waals surface area contributed by atoms with Crippen LogP contribution in [0, 0.1) is 6.92 Å². The highest BCUT2D eigenvalue weighted by Crippen LogP contribution is 2.26. The number of nitrogens with one attached hydrogen (secondary N) is 1. The quantitative estimate of drug-likeness (QED) is 0.686. The van der Waals surface area contributed by atoms with Crippen LogP contribution in [0.4, 0.5) is 0 Å². The number of halogens is 1. The Morgan fingerprint density at radius 2 is 2.18 bits per heavy atom. The van der Waals surface area contributed by atoms with Crippen LogP contribution >= 0.6 is 23.4 Å². The molecule has 0 aliphatic heterocycles. The number of aromatic nitrogens is 2. The van der Waals surface area contributed by atoms with E-state index in [2.05, 4.69) is 9.97 Å². The maximum absolute atomic E-state index is 11.1. The first-order chi connectivity index (χ1) is 8.16. The summed E-state index contributed by atoms with van der Waals surface area (Å²) in [6.07, 6.45) is 1.58. The molecule has 1 aromatic heterocycles. The molecule has 0 unspecified atom stereocenters. The van der Waals surface area contributed by atoms with E-state index in [9.17, 15) is 4.79 Å². The van der Waals surface area contributed by atoms with E-state index in [1.807, 2.05) is 31.2 Å². The van der Waals surface area contributed by atoms with Crippen molar-refractivity contribution in [1.82, 2.24) is 9.97 Å². The van der Waals surface area contributed by atoms with Crippen LogP contribution in [0.1, 0.15) is 11.1 Å². The molecule has 1 N–H and O–H groups in total. The Balaban J connectivity index is 2.15. The molecule has 1 aromatic carbocycles. The molecule has 0 saturated carbocycles. The highest BCUT2D eigenvalue weighted by atomic mass is 35.5. The summed E-state index contributed by atoms with van der Waals surface area (Å²) in [7, 11) is 0. The number of hydrogen-bond acceptors (Lipinski definition) is 3. The molecule has 0 radical (unpaired) electrons. The molecular formula is C12H11ClN2OS. The minimum Gasteiger partial charge on any atom is -0.300 e. The lowest BCUT2D eigenvalue weighted by Crippen LogP contribution is -2.10. The summed E-state index contributed by atoms with van der Waals surface area (Å²) in [4.78, 5) is 17.5. The fraction of sp³-hybridized carbons (Fsp3) is 0.167. The van der Waals surface area contributed by atoms with Crippen molar-refractivity contribution in [2.75, 3.05) is 0 Å². The molecule has 2 rings (SSSR count). The Morgan fingerprint density at radius 1 is 1.41 bits per heavy atom. The standard InChI is InChI=1S/C12H11ClN2OS/c1-8-6-14-12(16)15-11(8)17-7-9-4-2-3-5-10(9)13/h2-6H,7H2,1H3,(H,14,15,16). The zero-order valence-electron chi connectivity index (χ0n) is 9.24. The van der Waals surface area contributed by atoms with Crippen LogP contribution in [0.15, 0.2) is 40.3 Å². The van der Waals surface area contributed by atoms with Gasteiger partial charge < -0.3 is 4.98 Å². The molecule has 2 aromatic rings. The maximum atomic E-state index is 11.1. The molecule has 0 spiro atoms. The van der Waals surface area contributed by atoms with Gasteiger partial charge in [0.1, 0.15) is 0 Å². The second-order valence-corrected chi connectivity index (χ2v) is 4.97. The second kappa shape index (κ2) is 5.38. The van der Waals surface area contributed by atoms with Crippen LogP contribution < -0.4 is 5.69 Å². The van der Waals surface area contributed by atoms with E-state index in [0.29, 0.717) is 0 Å². The van der Waals surface area contributed by atoms with E-state index in [4.69, 9.17) is 11.6 Å². The van der Waals surface area contributed by atoms with Crippen LogP contribution in [0.25, 0.3) is 0 Å². The molecule has 0 amide bonds. The van der Waals surface area contributed by atoms with E-state index >= 15 is 0 Å². The monoisotopic (exact) mass is 266 g/mol. The average molecular weight is 267 g/mol. The Kier molecular flexibility index (Phi) is 3.86. The first-order valence-corrected chi connectivity index (χ1v) is 6.45. The van der Waals surface area contributed by atoms with Crippen LogP contribution in [0.2, 0.25) is 5.02 Å². The van der Waals surface area contributed by atoms with Gasteiger partial charge in [0.15, 0.2) is 0 Å². The van der Waals surface area contributed by atoms with Crippen molar-refractivity contribution >= 4 is 23.4 Å². The highest BCUT2D eigenvalue weighted by molar-refractivity contribution is 7.98. The third-order valence-electron chi connectivity index (χ3n) is 2.28. The predicted octanol–water partition coefficient (Wildman–Crippen LogP) is 3.02. The van der Waals surface area contributed by atoms with Gasteiger partial charge >= 0.3 is 5.69 Å². The average Bonchev–Trinajstić information content (AvgIpc) is 2.32. The number of benzene rings is 1. The number of rotatable bonds is 3. The first kappa shape index (κ1) is 12.2. The lowest BCUT2D eigenvalue weighted by atomic mass is 10.2. The summed E-state index contributed by atoms with van der Waals surface area (Å²) in [5.41, 5.74) is 1.69. The van der Waals surface area contributed by atoms with Gasteiger partial charge in [-0.2, -0.15) is 0 Å². The van der Waals surface area contributed by atoms with E-state index < -0.39 is 0 Å². The summed E-state index contributed by atoms with van der Waals surface area (Å²) in [6, 6.07) is 7.68. The molecule has 1 heterocycles. The van der Waals surface area contributed by atoms with E-state index in [1.165, 1.54) is 0 Å². The van der Waals surface area contributed by atoms with Gasteiger partial charge in [-0.1, -0.05) is 29.8 Å². The summed E-state index contributed by atoms with van der Waals surface area (Å²) >= 11 is 7.61. The van der Waals surface area contributed by atoms with Crippen molar-refractivity contribution in [2.45, 2.75) is 17.7 Å². The third-order valence-corrected chi connectivity index (χ3v) is 3.82. The number of H-pyrrole nitrogens is 1. The normalized spacial score (nSPS) is 10.5. The Labute approximate surface area is 108 Å². The van der Waals surface area contributed by atoms with Gasteiger partial charge in [0.05, 0.1) is 5.03 Å². The topological polar surface area (TPSA) is 45.8 Å². The maximum Gasteiger partial charge on any atom is 0.345 e. The van der Waals surface area contributed by atoms with Crippen molar-refractivity contribution in [2.24, 2.45) is 0 Å². The van der Waals surface area contributed by atoms with Crippen molar-refractivity contribution in [3.8, 4) is 0 Å². The molecule has 0 fully saturated rings. The molecule has 0 atom stereocenters. The lowest BCUT2D eigenvalue weighted by Gasteiger charge is -2.05. The van der Waals surface area contributed by atoms with Crippen LogP contribution in [0.5, 0.6) is 0 Å². The van der Waals surface area contributed by atoms with Crippen molar-refractivity contribution < 1.29 is 0 Å². The molecule has 0 saturated heterocycles. The zero-order chi connectivity index (χ0) is 12.3. The van der Waals surface area contributed by atoms with Gasteiger partial charge in [-0.25, -0.2) is 9.78 Å². The Hall–Kier alpha value is -1.26. The van der Waals surface area contributed by atoms with Gasteiger partial charge in [0.2, 0.25) is 0 Å². The molecule has 5 heteroatoms. The summed E-state index contributed by atoms with van der Waals surface area (Å²) < 4.78 is 0. The number of aromatic amines is 1. The molecule has 0 bridgehead atoms. The number of nitrogens with zero attached hydrogens (tertiary/aromatic N) is 1. The van der Waals surface area contributed by atoms with Crippen LogP contribution in [-0.2, 0) is 5.75 Å². The van der Waals surface area contributed by atoms with E-state index in [1.54, 1.807) is 18.0 Å². The number of thioether (sulfide) groups is 1. The highest BCUT2D eigenvalue weighted by Gasteiger charge is 2.04. The third kappa shape index (κ3) is 3.11. The van der Waals surface area contributed by atoms with Crippen molar-refractivity contribution in [3.05, 3.63) is 57.1 Å². The molecule has 3 nitrogen and oxygen atoms in total. The van der Waals surface area contributed by atoms with Gasteiger partial charge in [0, 0.05) is 17.0 Å². The Bertz CT molecular complexity index is 583. The van der Waals surface area contributed by atoms with Gasteiger partial charge in [-0.3, -0.25) is 0 Å². The Morgan fingerprint density at radius 3 is 2.94 bits per heavy atom. The van der Waals surface area contributed by atoms with Gasteiger partial charge in [-0.15, -0.1) is 11.8 Å². The number of aryl methyl sites for hydroxylation is 1. The molecule has 17 heavy (non-hydrogen) atoms. The SMILES string of the molecule is Cc1cnc(=O)[nH]c1SCc1ccccc1Cl. The van der Waals surface area contributed by atoms with Crippen molar-refractivity contribution in [3.63, 3.8) is 0 Å². The van der Waals surface area contributed by atoms with E-state index in [0.717, 1.165) is 26.9 Å². The minimum absolute atomic E-state index is 0.322. The van der Waals surface area contributed by atoms with Crippen LogP contribution in [-0.4, -0.2) is 9.97 Å². The fourth-order valence-electron chi connectivity index (χ4n) is 1.36. The summed E-state index contributed by atoms with van der Waals surface area (Å²) in [6.45, 7) is 1.91. The van der Waals surface area contributed by atoms with Gasteiger partial charge in [0.25, 0.3) is 0 Å². The molecule has 0 aliphatic rings. The van der Waals surface area contributed by atoms with Gasteiger partial charge in [-0.05, 0) is 24.1 Å². The van der Waals surface area contributed by atoms with Crippen LogP contribution in [0.3, 0.4) is 0 Å². The van der Waals surface area contributed by atoms with Crippen molar-refractivity contribution in [1.29, 1.82) is 0 Å². The minimum atomic E-state index is -0.322. The second-order valence-electron chi connectivity index (χ2n) is 3.58. The smallest absolute Gasteiger partial charge is 0.300 e. The fourth-order valence-corrected chi connectivity index (χ4v) is 2.63. The summed E-state index contributed by atoms with van der Waals surface area (Å²) in [5, 5.41) is 1.58. The first-order valence-electron chi connectivity index (χ1n) is 5.09. The van der Waals surface area contributed by atoms with E-state index in [-0.39, 0.29) is 5.69 Å².